The summed E-state index contributed by atoms with van der Waals surface area (Å²) in [5, 5.41) is 5.55. The van der Waals surface area contributed by atoms with Crippen molar-refractivity contribution in [1.82, 2.24) is 14.1 Å². The lowest BCUT2D eigenvalue weighted by Crippen LogP contribution is -2.34. The minimum Gasteiger partial charge on any atom is -0.233 e. The minimum atomic E-state index is -3.31. The smallest absolute Gasteiger partial charge is 0.211 e. The van der Waals surface area contributed by atoms with Crippen molar-refractivity contribution in [3.05, 3.63) is 102 Å². The topological polar surface area (TPSA) is 55.2 Å². The van der Waals surface area contributed by atoms with Crippen LogP contribution in [-0.4, -0.2) is 41.8 Å². The molecule has 35 heavy (non-hydrogen) atoms. The quantitative estimate of drug-likeness (QED) is 0.403. The lowest BCUT2D eigenvalue weighted by molar-refractivity contribution is 0.453. The van der Waals surface area contributed by atoms with E-state index >= 15 is 0 Å². The molecule has 0 radical (unpaired) electrons. The van der Waals surface area contributed by atoms with Gasteiger partial charge in [-0.1, -0.05) is 36.4 Å². The van der Waals surface area contributed by atoms with Crippen molar-refractivity contribution in [2.75, 3.05) is 19.3 Å². The normalized spacial score (nSPS) is 22.5. The van der Waals surface area contributed by atoms with Gasteiger partial charge in [0, 0.05) is 23.9 Å². The first-order chi connectivity index (χ1) is 16.7. The van der Waals surface area contributed by atoms with Crippen LogP contribution in [0.3, 0.4) is 0 Å². The number of rotatable bonds is 4. The Bertz CT molecular complexity index is 1580. The highest BCUT2D eigenvalue weighted by Gasteiger charge is 2.52. The highest BCUT2D eigenvalue weighted by Crippen LogP contribution is 2.53. The Morgan fingerprint density at radius 3 is 2.51 bits per heavy atom. The van der Waals surface area contributed by atoms with E-state index in [-0.39, 0.29) is 11.7 Å². The summed E-state index contributed by atoms with van der Waals surface area (Å²) >= 11 is 0. The Kier molecular flexibility index (Phi) is 4.99. The number of sulfonamides is 1. The van der Waals surface area contributed by atoms with E-state index in [0.717, 1.165) is 34.1 Å². The third-order valence-corrected chi connectivity index (χ3v) is 8.81. The molecule has 0 spiro atoms. The molecule has 1 aliphatic carbocycles. The first kappa shape index (κ1) is 22.2. The van der Waals surface area contributed by atoms with E-state index in [1.54, 1.807) is 16.4 Å². The summed E-state index contributed by atoms with van der Waals surface area (Å²) in [6, 6.07) is 20.9. The van der Waals surface area contributed by atoms with Crippen LogP contribution in [0.5, 0.6) is 0 Å². The molecule has 6 rings (SSSR count). The van der Waals surface area contributed by atoms with Gasteiger partial charge in [0.05, 0.1) is 23.7 Å². The Hall–Kier alpha value is -3.29. The van der Waals surface area contributed by atoms with Crippen molar-refractivity contribution in [1.29, 1.82) is 0 Å². The average molecular weight is 488 g/mol. The van der Waals surface area contributed by atoms with Gasteiger partial charge in [0.1, 0.15) is 5.82 Å². The molecule has 3 aromatic carbocycles. The van der Waals surface area contributed by atoms with E-state index in [0.29, 0.717) is 13.1 Å². The number of fused-ring (bicyclic) bond motifs is 2. The fraction of sp³-hybridized carbons (Fsp3) is 0.250. The maximum Gasteiger partial charge on any atom is 0.211 e. The molecule has 5 nitrogen and oxygen atoms in total. The van der Waals surface area contributed by atoms with Crippen molar-refractivity contribution in [3.63, 3.8) is 0 Å². The highest BCUT2D eigenvalue weighted by atomic mass is 32.2. The third kappa shape index (κ3) is 3.61. The number of hydrogen-bond donors (Lipinski definition) is 0. The third-order valence-electron chi connectivity index (χ3n) is 7.59. The van der Waals surface area contributed by atoms with Crippen LogP contribution in [0.15, 0.2) is 79.0 Å². The van der Waals surface area contributed by atoms with Crippen LogP contribution in [0.1, 0.15) is 23.1 Å². The number of aryl methyl sites for hydroxylation is 1. The predicted octanol–water partition coefficient (Wildman–Crippen LogP) is 5.09. The zero-order chi connectivity index (χ0) is 24.4. The monoisotopic (exact) mass is 487 g/mol. The van der Waals surface area contributed by atoms with Crippen LogP contribution < -0.4 is 0 Å². The molecule has 1 aliphatic heterocycles. The van der Waals surface area contributed by atoms with Gasteiger partial charge in [-0.3, -0.25) is 0 Å². The molecule has 0 amide bonds. The van der Waals surface area contributed by atoms with Crippen molar-refractivity contribution in [2.24, 2.45) is 5.92 Å². The van der Waals surface area contributed by atoms with E-state index in [4.69, 9.17) is 0 Å². The second kappa shape index (κ2) is 7.86. The highest BCUT2D eigenvalue weighted by molar-refractivity contribution is 7.88. The summed E-state index contributed by atoms with van der Waals surface area (Å²) in [6.07, 6.45) is 6.28. The molecule has 0 N–H and O–H groups in total. The van der Waals surface area contributed by atoms with Gasteiger partial charge in [-0.15, -0.1) is 0 Å². The summed E-state index contributed by atoms with van der Waals surface area (Å²) in [4.78, 5) is 0. The van der Waals surface area contributed by atoms with Crippen LogP contribution in [0.25, 0.3) is 22.2 Å². The standard InChI is InChI=1S/C28H26FN3O2S/c1-19-12-27-22(16-30-32(27)25-10-8-24(29)9-11-25)14-26(19)28-15-21(20-6-4-3-5-7-20)13-23(28)17-31(18-28)35(2,33)34/h3-12,14-16,23H,13,17-18H2,1-2H3. The van der Waals surface area contributed by atoms with E-state index in [1.165, 1.54) is 29.5 Å². The van der Waals surface area contributed by atoms with Gasteiger partial charge in [-0.2, -0.15) is 5.10 Å². The molecule has 1 fully saturated rings. The molecule has 0 bridgehead atoms. The minimum absolute atomic E-state index is 0.163. The van der Waals surface area contributed by atoms with Crippen LogP contribution in [-0.2, 0) is 15.4 Å². The predicted molar refractivity (Wildman–Crippen MR) is 136 cm³/mol. The molecule has 1 saturated heterocycles. The van der Waals surface area contributed by atoms with Crippen molar-refractivity contribution >= 4 is 26.5 Å². The molecule has 1 aromatic heterocycles. The van der Waals surface area contributed by atoms with Crippen molar-refractivity contribution in [2.45, 2.75) is 18.8 Å². The van der Waals surface area contributed by atoms with Gasteiger partial charge in [0.25, 0.3) is 0 Å². The summed E-state index contributed by atoms with van der Waals surface area (Å²) in [5.41, 5.74) is 6.03. The number of halogens is 1. The molecule has 2 heterocycles. The molecular weight excluding hydrogens is 461 g/mol. The Morgan fingerprint density at radius 1 is 1.06 bits per heavy atom. The molecule has 178 valence electrons. The average Bonchev–Trinajstić information content (AvgIpc) is 3.50. The van der Waals surface area contributed by atoms with Crippen LogP contribution in [0.2, 0.25) is 0 Å². The number of nitrogens with zero attached hydrogens (tertiary/aromatic N) is 3. The SMILES string of the molecule is Cc1cc2c(cnn2-c2ccc(F)cc2)cc1C12C=C(c3ccccc3)CC1CN(S(C)(=O)=O)C2. The van der Waals surface area contributed by atoms with Gasteiger partial charge in [-0.05, 0) is 77.9 Å². The summed E-state index contributed by atoms with van der Waals surface area (Å²) in [6.45, 7) is 3.03. The number of hydrogen-bond acceptors (Lipinski definition) is 3. The molecule has 4 aromatic rings. The second-order valence-electron chi connectivity index (χ2n) is 9.79. The lowest BCUT2D eigenvalue weighted by Gasteiger charge is -2.30. The molecule has 2 aliphatic rings. The first-order valence-electron chi connectivity index (χ1n) is 11.7. The zero-order valence-corrected chi connectivity index (χ0v) is 20.5. The maximum atomic E-state index is 13.4. The Labute approximate surface area is 204 Å². The van der Waals surface area contributed by atoms with Gasteiger partial charge in [0.15, 0.2) is 0 Å². The summed E-state index contributed by atoms with van der Waals surface area (Å²) < 4.78 is 42.0. The van der Waals surface area contributed by atoms with E-state index in [2.05, 4.69) is 42.4 Å². The first-order valence-corrected chi connectivity index (χ1v) is 13.6. The largest absolute Gasteiger partial charge is 0.233 e. The van der Waals surface area contributed by atoms with Gasteiger partial charge in [0.2, 0.25) is 10.0 Å². The van der Waals surface area contributed by atoms with Gasteiger partial charge < -0.3 is 0 Å². The van der Waals surface area contributed by atoms with E-state index in [1.807, 2.05) is 29.1 Å². The van der Waals surface area contributed by atoms with Gasteiger partial charge >= 0.3 is 0 Å². The Balaban J connectivity index is 1.50. The Morgan fingerprint density at radius 2 is 1.80 bits per heavy atom. The molecular formula is C28H26FN3O2S. The molecule has 2 unspecified atom stereocenters. The van der Waals surface area contributed by atoms with E-state index < -0.39 is 15.4 Å². The second-order valence-corrected chi connectivity index (χ2v) is 11.8. The van der Waals surface area contributed by atoms with Crippen LogP contribution >= 0.6 is 0 Å². The maximum absolute atomic E-state index is 13.4. The number of aromatic nitrogens is 2. The fourth-order valence-electron chi connectivity index (χ4n) is 5.90. The van der Waals surface area contributed by atoms with Gasteiger partial charge in [-0.25, -0.2) is 21.8 Å². The van der Waals surface area contributed by atoms with E-state index in [9.17, 15) is 12.8 Å². The zero-order valence-electron chi connectivity index (χ0n) is 19.6. The number of benzene rings is 3. The lowest BCUT2D eigenvalue weighted by atomic mass is 9.73. The summed E-state index contributed by atoms with van der Waals surface area (Å²) in [7, 11) is -3.31. The van der Waals surface area contributed by atoms with Crippen molar-refractivity contribution < 1.29 is 12.8 Å². The fourth-order valence-corrected chi connectivity index (χ4v) is 6.80. The number of allylic oxidation sites excluding steroid dienone is 1. The molecule has 7 heteroatoms. The van der Waals surface area contributed by atoms with Crippen LogP contribution in [0.4, 0.5) is 4.39 Å². The molecule has 0 saturated carbocycles. The van der Waals surface area contributed by atoms with Crippen molar-refractivity contribution in [3.8, 4) is 5.69 Å². The summed E-state index contributed by atoms with van der Waals surface area (Å²) in [5.74, 6) is -0.122. The van der Waals surface area contributed by atoms with Crippen LogP contribution in [0, 0.1) is 18.7 Å². The molecule has 2 atom stereocenters.